The van der Waals surface area contributed by atoms with E-state index in [4.69, 9.17) is 9.47 Å². The van der Waals surface area contributed by atoms with Crippen LogP contribution in [-0.2, 0) is 20.9 Å². The first kappa shape index (κ1) is 18.7. The number of anilines is 2. The van der Waals surface area contributed by atoms with Gasteiger partial charge in [0.2, 0.25) is 0 Å². The molecule has 7 heteroatoms. The SMILES string of the molecule is COc1ccccc1CNC(=O)C(=O)Nc1ccccc1N1CCOCC1. The van der Waals surface area contributed by atoms with E-state index in [-0.39, 0.29) is 6.54 Å². The van der Waals surface area contributed by atoms with Gasteiger partial charge in [-0.15, -0.1) is 0 Å². The van der Waals surface area contributed by atoms with Crippen molar-refractivity contribution in [3.05, 3.63) is 54.1 Å². The molecule has 27 heavy (non-hydrogen) atoms. The van der Waals surface area contributed by atoms with E-state index < -0.39 is 11.8 Å². The number of rotatable bonds is 5. The van der Waals surface area contributed by atoms with Crippen LogP contribution in [0.3, 0.4) is 0 Å². The highest BCUT2D eigenvalue weighted by Gasteiger charge is 2.19. The zero-order valence-corrected chi connectivity index (χ0v) is 15.2. The minimum atomic E-state index is -0.703. The van der Waals surface area contributed by atoms with E-state index in [1.165, 1.54) is 0 Å². The number of carbonyl (C=O) groups excluding carboxylic acids is 2. The molecular formula is C20H23N3O4. The molecule has 1 heterocycles. The Labute approximate surface area is 158 Å². The highest BCUT2D eigenvalue weighted by molar-refractivity contribution is 6.39. The summed E-state index contributed by atoms with van der Waals surface area (Å²) < 4.78 is 10.6. The van der Waals surface area contributed by atoms with E-state index in [1.807, 2.05) is 36.4 Å². The lowest BCUT2D eigenvalue weighted by Gasteiger charge is -2.30. The van der Waals surface area contributed by atoms with E-state index in [0.29, 0.717) is 24.7 Å². The predicted molar refractivity (Wildman–Crippen MR) is 103 cm³/mol. The number of benzene rings is 2. The number of hydrogen-bond donors (Lipinski definition) is 2. The van der Waals surface area contributed by atoms with Crippen molar-refractivity contribution in [3.63, 3.8) is 0 Å². The number of carbonyl (C=O) groups is 2. The van der Waals surface area contributed by atoms with E-state index in [1.54, 1.807) is 19.2 Å². The van der Waals surface area contributed by atoms with Crippen LogP contribution in [0.2, 0.25) is 0 Å². The van der Waals surface area contributed by atoms with Gasteiger partial charge < -0.3 is 25.0 Å². The number of amides is 2. The minimum Gasteiger partial charge on any atom is -0.496 e. The van der Waals surface area contributed by atoms with Gasteiger partial charge >= 0.3 is 11.8 Å². The molecule has 0 atom stereocenters. The number of nitrogens with one attached hydrogen (secondary N) is 2. The molecule has 0 saturated carbocycles. The second-order valence-electron chi connectivity index (χ2n) is 6.07. The maximum Gasteiger partial charge on any atom is 0.313 e. The standard InChI is InChI=1S/C20H23N3O4/c1-26-18-9-5-2-6-15(18)14-21-19(24)20(25)22-16-7-3-4-8-17(16)23-10-12-27-13-11-23/h2-9H,10-14H2,1H3,(H,21,24)(H,22,25). The average molecular weight is 369 g/mol. The molecule has 7 nitrogen and oxygen atoms in total. The molecule has 2 aromatic carbocycles. The average Bonchev–Trinajstić information content (AvgIpc) is 2.73. The number of methoxy groups -OCH3 is 1. The zero-order valence-electron chi connectivity index (χ0n) is 15.2. The first-order valence-electron chi connectivity index (χ1n) is 8.82. The normalized spacial score (nSPS) is 13.7. The van der Waals surface area contributed by atoms with Crippen molar-refractivity contribution in [3.8, 4) is 5.75 Å². The molecule has 0 aromatic heterocycles. The molecule has 3 rings (SSSR count). The van der Waals surface area contributed by atoms with Crippen LogP contribution in [0.25, 0.3) is 0 Å². The Morgan fingerprint density at radius 1 is 1.04 bits per heavy atom. The smallest absolute Gasteiger partial charge is 0.313 e. The van der Waals surface area contributed by atoms with Crippen LogP contribution < -0.4 is 20.3 Å². The van der Waals surface area contributed by atoms with Gasteiger partial charge in [0, 0.05) is 25.2 Å². The summed E-state index contributed by atoms with van der Waals surface area (Å²) in [5, 5.41) is 5.34. The van der Waals surface area contributed by atoms with Gasteiger partial charge in [-0.05, 0) is 18.2 Å². The third-order valence-corrected chi connectivity index (χ3v) is 4.34. The summed E-state index contributed by atoms with van der Waals surface area (Å²) in [7, 11) is 1.57. The number of ether oxygens (including phenoxy) is 2. The number of morpholine rings is 1. The molecule has 2 aromatic rings. The fourth-order valence-electron chi connectivity index (χ4n) is 2.94. The Morgan fingerprint density at radius 2 is 1.74 bits per heavy atom. The van der Waals surface area contributed by atoms with Gasteiger partial charge in [0.05, 0.1) is 31.7 Å². The minimum absolute atomic E-state index is 0.210. The van der Waals surface area contributed by atoms with Crippen molar-refractivity contribution in [1.82, 2.24) is 5.32 Å². The molecule has 1 fully saturated rings. The van der Waals surface area contributed by atoms with Gasteiger partial charge in [0.25, 0.3) is 0 Å². The molecule has 1 saturated heterocycles. The third-order valence-electron chi connectivity index (χ3n) is 4.34. The van der Waals surface area contributed by atoms with E-state index in [2.05, 4.69) is 15.5 Å². The fourth-order valence-corrected chi connectivity index (χ4v) is 2.94. The van der Waals surface area contributed by atoms with Crippen LogP contribution in [0.5, 0.6) is 5.75 Å². The van der Waals surface area contributed by atoms with Crippen molar-refractivity contribution < 1.29 is 19.1 Å². The van der Waals surface area contributed by atoms with Crippen molar-refractivity contribution in [1.29, 1.82) is 0 Å². The zero-order chi connectivity index (χ0) is 19.1. The Bertz CT molecular complexity index is 803. The summed E-state index contributed by atoms with van der Waals surface area (Å²) >= 11 is 0. The lowest BCUT2D eigenvalue weighted by molar-refractivity contribution is -0.136. The van der Waals surface area contributed by atoms with Gasteiger partial charge in [-0.1, -0.05) is 30.3 Å². The molecule has 2 amide bonds. The molecule has 0 radical (unpaired) electrons. The van der Waals surface area contributed by atoms with Crippen LogP contribution >= 0.6 is 0 Å². The lowest BCUT2D eigenvalue weighted by Crippen LogP contribution is -2.38. The van der Waals surface area contributed by atoms with Gasteiger partial charge in [-0.25, -0.2) is 0 Å². The van der Waals surface area contributed by atoms with Crippen molar-refractivity contribution in [2.24, 2.45) is 0 Å². The fraction of sp³-hybridized carbons (Fsp3) is 0.300. The van der Waals surface area contributed by atoms with Crippen LogP contribution in [-0.4, -0.2) is 45.2 Å². The first-order chi connectivity index (χ1) is 13.2. The molecule has 142 valence electrons. The lowest BCUT2D eigenvalue weighted by atomic mass is 10.2. The van der Waals surface area contributed by atoms with Crippen LogP contribution in [0, 0.1) is 0 Å². The van der Waals surface area contributed by atoms with E-state index in [0.717, 1.165) is 24.3 Å². The van der Waals surface area contributed by atoms with Gasteiger partial charge in [0.15, 0.2) is 0 Å². The molecule has 0 spiro atoms. The quantitative estimate of drug-likeness (QED) is 0.786. The first-order valence-corrected chi connectivity index (χ1v) is 8.82. The van der Waals surface area contributed by atoms with Crippen molar-refractivity contribution in [2.45, 2.75) is 6.54 Å². The molecule has 1 aliphatic heterocycles. The van der Waals surface area contributed by atoms with E-state index in [9.17, 15) is 9.59 Å². The topological polar surface area (TPSA) is 79.9 Å². The second-order valence-corrected chi connectivity index (χ2v) is 6.07. The summed E-state index contributed by atoms with van der Waals surface area (Å²) in [4.78, 5) is 26.7. The van der Waals surface area contributed by atoms with Crippen LogP contribution in [0.15, 0.2) is 48.5 Å². The maximum absolute atomic E-state index is 12.3. The third kappa shape index (κ3) is 4.77. The summed E-state index contributed by atoms with van der Waals surface area (Å²) in [6, 6.07) is 14.8. The molecular weight excluding hydrogens is 346 g/mol. The Hall–Kier alpha value is -3.06. The largest absolute Gasteiger partial charge is 0.496 e. The highest BCUT2D eigenvalue weighted by Crippen LogP contribution is 2.26. The van der Waals surface area contributed by atoms with E-state index >= 15 is 0 Å². The molecule has 2 N–H and O–H groups in total. The van der Waals surface area contributed by atoms with Crippen LogP contribution in [0.1, 0.15) is 5.56 Å². The van der Waals surface area contributed by atoms with Crippen molar-refractivity contribution >= 4 is 23.2 Å². The van der Waals surface area contributed by atoms with Gasteiger partial charge in [0.1, 0.15) is 5.75 Å². The Kier molecular flexibility index (Phi) is 6.27. The molecule has 1 aliphatic rings. The molecule has 0 unspecified atom stereocenters. The predicted octanol–water partition coefficient (Wildman–Crippen LogP) is 1.79. The highest BCUT2D eigenvalue weighted by atomic mass is 16.5. The molecule has 0 bridgehead atoms. The monoisotopic (exact) mass is 369 g/mol. The van der Waals surface area contributed by atoms with Crippen molar-refractivity contribution in [2.75, 3.05) is 43.6 Å². The number of para-hydroxylation sites is 3. The van der Waals surface area contributed by atoms with Crippen LogP contribution in [0.4, 0.5) is 11.4 Å². The summed E-state index contributed by atoms with van der Waals surface area (Å²) in [6.45, 7) is 2.98. The number of hydrogen-bond acceptors (Lipinski definition) is 5. The summed E-state index contributed by atoms with van der Waals surface area (Å²) in [6.07, 6.45) is 0. The Balaban J connectivity index is 1.62. The number of nitrogens with zero attached hydrogens (tertiary/aromatic N) is 1. The summed E-state index contributed by atoms with van der Waals surface area (Å²) in [5.74, 6) is -0.737. The summed E-state index contributed by atoms with van der Waals surface area (Å²) in [5.41, 5.74) is 2.29. The Morgan fingerprint density at radius 3 is 2.52 bits per heavy atom. The molecule has 0 aliphatic carbocycles. The van der Waals surface area contributed by atoms with Gasteiger partial charge in [-0.3, -0.25) is 9.59 Å². The second kappa shape index (κ2) is 9.05. The maximum atomic E-state index is 12.3. The van der Waals surface area contributed by atoms with Gasteiger partial charge in [-0.2, -0.15) is 0 Å².